The average molecular weight is 555 g/mol. The first-order chi connectivity index (χ1) is 19.3. The second-order valence-electron chi connectivity index (χ2n) is 8.95. The average Bonchev–Trinajstić information content (AvgIpc) is 3.23. The zero-order valence-electron chi connectivity index (χ0n) is 22.1. The molecule has 0 N–H and O–H groups in total. The van der Waals surface area contributed by atoms with Crippen molar-refractivity contribution in [1.29, 1.82) is 0 Å². The van der Waals surface area contributed by atoms with E-state index in [1.165, 1.54) is 22.8 Å². The zero-order chi connectivity index (χ0) is 28.2. The van der Waals surface area contributed by atoms with Gasteiger partial charge in [-0.1, -0.05) is 53.8 Å². The summed E-state index contributed by atoms with van der Waals surface area (Å²) >= 11 is 1.24. The van der Waals surface area contributed by atoms with E-state index in [9.17, 15) is 14.4 Å². The standard InChI is InChI=1S/C31H26N2O6S/c1-4-37-30(36)27-19(2)32-31-33(28(27)22-13-15-24(16-14-22)38-20(3)34)29(35)26(40-31)18-21-9-8-12-25(17-21)39-23-10-6-5-7-11-23/h5-18,28H,4H2,1-3H3/b26-18+/t28-/m1/s1. The third kappa shape index (κ3) is 5.64. The summed E-state index contributed by atoms with van der Waals surface area (Å²) in [6.45, 7) is 4.95. The zero-order valence-corrected chi connectivity index (χ0v) is 22.9. The third-order valence-corrected chi connectivity index (χ3v) is 7.09. The number of benzene rings is 3. The summed E-state index contributed by atoms with van der Waals surface area (Å²) in [6, 6.07) is 22.8. The number of aromatic nitrogens is 1. The molecule has 1 aliphatic rings. The molecule has 1 atom stereocenters. The van der Waals surface area contributed by atoms with Gasteiger partial charge in [-0.3, -0.25) is 14.2 Å². The smallest absolute Gasteiger partial charge is 0.338 e. The lowest BCUT2D eigenvalue weighted by molar-refractivity contribution is -0.139. The molecule has 0 aliphatic carbocycles. The Balaban J connectivity index is 1.59. The van der Waals surface area contributed by atoms with Crippen LogP contribution in [0.2, 0.25) is 0 Å². The van der Waals surface area contributed by atoms with Crippen LogP contribution in [0.15, 0.2) is 99.9 Å². The van der Waals surface area contributed by atoms with Gasteiger partial charge in [0, 0.05) is 6.92 Å². The highest BCUT2D eigenvalue weighted by molar-refractivity contribution is 7.07. The molecule has 2 heterocycles. The predicted octanol–water partition coefficient (Wildman–Crippen LogP) is 4.52. The highest BCUT2D eigenvalue weighted by atomic mass is 32.1. The monoisotopic (exact) mass is 554 g/mol. The van der Waals surface area contributed by atoms with E-state index >= 15 is 0 Å². The Morgan fingerprint density at radius 2 is 1.70 bits per heavy atom. The molecule has 9 heteroatoms. The second kappa shape index (κ2) is 11.5. The fourth-order valence-corrected chi connectivity index (χ4v) is 5.48. The minimum absolute atomic E-state index is 0.180. The molecule has 0 unspecified atom stereocenters. The van der Waals surface area contributed by atoms with Gasteiger partial charge < -0.3 is 14.2 Å². The van der Waals surface area contributed by atoms with Gasteiger partial charge in [0.15, 0.2) is 4.80 Å². The highest BCUT2D eigenvalue weighted by Crippen LogP contribution is 2.31. The largest absolute Gasteiger partial charge is 0.463 e. The van der Waals surface area contributed by atoms with Crippen LogP contribution in [0.25, 0.3) is 6.08 Å². The second-order valence-corrected chi connectivity index (χ2v) is 9.96. The van der Waals surface area contributed by atoms with Gasteiger partial charge in [-0.05, 0) is 67.4 Å². The van der Waals surface area contributed by atoms with Gasteiger partial charge in [0.1, 0.15) is 17.2 Å². The number of allylic oxidation sites excluding steroid dienone is 1. The predicted molar refractivity (Wildman–Crippen MR) is 151 cm³/mol. The minimum Gasteiger partial charge on any atom is -0.463 e. The van der Waals surface area contributed by atoms with Gasteiger partial charge in [-0.15, -0.1) is 0 Å². The number of fused-ring (bicyclic) bond motifs is 1. The van der Waals surface area contributed by atoms with E-state index in [1.807, 2.05) is 54.6 Å². The molecule has 40 heavy (non-hydrogen) atoms. The molecular formula is C31H26N2O6S. The SMILES string of the molecule is CCOC(=O)C1=C(C)N=c2s/c(=C/c3cccc(Oc4ccccc4)c3)c(=O)n2[C@@H]1c1ccc(OC(C)=O)cc1. The molecule has 202 valence electrons. The van der Waals surface area contributed by atoms with E-state index in [2.05, 4.69) is 4.99 Å². The van der Waals surface area contributed by atoms with Crippen molar-refractivity contribution in [3.05, 3.63) is 121 Å². The fourth-order valence-electron chi connectivity index (χ4n) is 4.43. The Labute approximate surface area is 234 Å². The van der Waals surface area contributed by atoms with E-state index < -0.39 is 18.0 Å². The molecule has 5 rings (SSSR count). The lowest BCUT2D eigenvalue weighted by atomic mass is 9.96. The molecular weight excluding hydrogens is 528 g/mol. The number of carbonyl (C=O) groups excluding carboxylic acids is 2. The van der Waals surface area contributed by atoms with Crippen molar-refractivity contribution in [2.24, 2.45) is 4.99 Å². The Bertz CT molecular complexity index is 1790. The lowest BCUT2D eigenvalue weighted by Crippen LogP contribution is -2.39. The van der Waals surface area contributed by atoms with Gasteiger partial charge >= 0.3 is 11.9 Å². The number of thiazole rings is 1. The minimum atomic E-state index is -0.767. The maximum Gasteiger partial charge on any atom is 0.338 e. The number of nitrogens with zero attached hydrogens (tertiary/aromatic N) is 2. The lowest BCUT2D eigenvalue weighted by Gasteiger charge is -2.24. The Kier molecular flexibility index (Phi) is 7.75. The van der Waals surface area contributed by atoms with Crippen LogP contribution in [0, 0.1) is 0 Å². The van der Waals surface area contributed by atoms with E-state index in [0.717, 1.165) is 5.56 Å². The molecule has 0 fully saturated rings. The summed E-state index contributed by atoms with van der Waals surface area (Å²) in [4.78, 5) is 43.3. The van der Waals surface area contributed by atoms with Crippen LogP contribution in [-0.4, -0.2) is 23.1 Å². The van der Waals surface area contributed by atoms with Crippen LogP contribution in [0.1, 0.15) is 37.9 Å². The van der Waals surface area contributed by atoms with Gasteiger partial charge in [0.05, 0.1) is 28.5 Å². The summed E-state index contributed by atoms with van der Waals surface area (Å²) in [5, 5.41) is 0. The summed E-state index contributed by atoms with van der Waals surface area (Å²) in [5.41, 5.74) is 1.89. The van der Waals surface area contributed by atoms with E-state index in [-0.39, 0.29) is 17.7 Å². The number of carbonyl (C=O) groups is 2. The maximum atomic E-state index is 13.8. The van der Waals surface area contributed by atoms with Crippen molar-refractivity contribution in [2.45, 2.75) is 26.8 Å². The first-order valence-electron chi connectivity index (χ1n) is 12.6. The Morgan fingerprint density at radius 1 is 0.975 bits per heavy atom. The molecule has 1 aliphatic heterocycles. The van der Waals surface area contributed by atoms with Crippen molar-refractivity contribution in [2.75, 3.05) is 6.61 Å². The van der Waals surface area contributed by atoms with Crippen LogP contribution < -0.4 is 24.4 Å². The van der Waals surface area contributed by atoms with Crippen LogP contribution >= 0.6 is 11.3 Å². The first kappa shape index (κ1) is 26.8. The van der Waals surface area contributed by atoms with Gasteiger partial charge in [0.2, 0.25) is 0 Å². The maximum absolute atomic E-state index is 13.8. The summed E-state index contributed by atoms with van der Waals surface area (Å²) in [5.74, 6) is 0.721. The molecule has 3 aromatic carbocycles. The van der Waals surface area contributed by atoms with Crippen LogP contribution in [0.3, 0.4) is 0 Å². The molecule has 0 radical (unpaired) electrons. The van der Waals surface area contributed by atoms with Crippen molar-refractivity contribution < 1.29 is 23.8 Å². The van der Waals surface area contributed by atoms with Gasteiger partial charge in [-0.2, -0.15) is 0 Å². The number of rotatable bonds is 7. The van der Waals surface area contributed by atoms with Crippen LogP contribution in [0.5, 0.6) is 17.2 Å². The van der Waals surface area contributed by atoms with E-state index in [0.29, 0.717) is 37.8 Å². The van der Waals surface area contributed by atoms with Crippen molar-refractivity contribution in [3.8, 4) is 17.2 Å². The molecule has 4 aromatic rings. The Hall–Kier alpha value is -4.76. The molecule has 0 spiro atoms. The molecule has 8 nitrogen and oxygen atoms in total. The first-order valence-corrected chi connectivity index (χ1v) is 13.5. The highest BCUT2D eigenvalue weighted by Gasteiger charge is 2.33. The molecule has 0 saturated carbocycles. The number of hydrogen-bond donors (Lipinski definition) is 0. The van der Waals surface area contributed by atoms with Crippen molar-refractivity contribution in [1.82, 2.24) is 4.57 Å². The molecule has 0 saturated heterocycles. The Morgan fingerprint density at radius 3 is 2.40 bits per heavy atom. The molecule has 0 amide bonds. The van der Waals surface area contributed by atoms with Crippen LogP contribution in [0.4, 0.5) is 0 Å². The van der Waals surface area contributed by atoms with E-state index in [4.69, 9.17) is 14.2 Å². The van der Waals surface area contributed by atoms with Gasteiger partial charge in [0.25, 0.3) is 5.56 Å². The number of para-hydroxylation sites is 1. The number of ether oxygens (including phenoxy) is 3. The molecule has 1 aromatic heterocycles. The van der Waals surface area contributed by atoms with E-state index in [1.54, 1.807) is 44.2 Å². The van der Waals surface area contributed by atoms with Crippen molar-refractivity contribution in [3.63, 3.8) is 0 Å². The number of esters is 2. The number of hydrogen-bond acceptors (Lipinski definition) is 8. The van der Waals surface area contributed by atoms with Crippen LogP contribution in [-0.2, 0) is 14.3 Å². The third-order valence-electron chi connectivity index (χ3n) is 6.11. The normalized spacial score (nSPS) is 14.8. The summed E-state index contributed by atoms with van der Waals surface area (Å²) < 4.78 is 18.4. The topological polar surface area (TPSA) is 96.2 Å². The van der Waals surface area contributed by atoms with Crippen molar-refractivity contribution >= 4 is 29.4 Å². The fraction of sp³-hybridized carbons (Fsp3) is 0.161. The quantitative estimate of drug-likeness (QED) is 0.246. The summed E-state index contributed by atoms with van der Waals surface area (Å²) in [6.07, 6.45) is 1.78. The van der Waals surface area contributed by atoms with Gasteiger partial charge in [-0.25, -0.2) is 9.79 Å². The summed E-state index contributed by atoms with van der Waals surface area (Å²) in [7, 11) is 0. The molecule has 0 bridgehead atoms.